The van der Waals surface area contributed by atoms with Gasteiger partial charge in [-0.15, -0.1) is 5.59 Å². The van der Waals surface area contributed by atoms with Gasteiger partial charge < -0.3 is 15.6 Å². The van der Waals surface area contributed by atoms with E-state index in [0.717, 1.165) is 0 Å². The number of benzene rings is 2. The maximum atomic E-state index is 12.2. The number of ether oxygens (including phenoxy) is 1. The minimum Gasteiger partial charge on any atom is -0.444 e. The van der Waals surface area contributed by atoms with E-state index in [2.05, 4.69) is 16.3 Å². The quantitative estimate of drug-likeness (QED) is 0.304. The van der Waals surface area contributed by atoms with Gasteiger partial charge in [-0.2, -0.15) is 0 Å². The second kappa shape index (κ2) is 10.9. The Morgan fingerprint density at radius 2 is 1.73 bits per heavy atom. The lowest BCUT2D eigenvalue weighted by Crippen LogP contribution is -2.47. The van der Waals surface area contributed by atoms with E-state index >= 15 is 0 Å². The third-order valence-electron chi connectivity index (χ3n) is 3.76. The summed E-state index contributed by atoms with van der Waals surface area (Å²) in [6, 6.07) is 12.8. The van der Waals surface area contributed by atoms with Gasteiger partial charge in [-0.3, -0.25) is 10.2 Å². The predicted molar refractivity (Wildman–Crippen MR) is 115 cm³/mol. The van der Waals surface area contributed by atoms with E-state index in [1.807, 2.05) is 0 Å². The molecule has 0 aliphatic heterocycles. The number of carbonyl (C=O) groups is 1. The van der Waals surface area contributed by atoms with Crippen LogP contribution in [0.15, 0.2) is 48.5 Å². The van der Waals surface area contributed by atoms with Crippen molar-refractivity contribution in [3.05, 3.63) is 69.7 Å². The number of aliphatic hydroxyl groups is 1. The van der Waals surface area contributed by atoms with E-state index in [9.17, 15) is 9.90 Å². The van der Waals surface area contributed by atoms with E-state index in [-0.39, 0.29) is 0 Å². The van der Waals surface area contributed by atoms with E-state index in [1.54, 1.807) is 69.3 Å². The van der Waals surface area contributed by atoms with Gasteiger partial charge in [-0.25, -0.2) is 10.2 Å². The monoisotopic (exact) mass is 456 g/mol. The Balaban J connectivity index is 2.09. The number of amides is 1. The van der Waals surface area contributed by atoms with Gasteiger partial charge in [0.25, 0.3) is 0 Å². The molecule has 6 N–H and O–H groups in total. The summed E-state index contributed by atoms with van der Waals surface area (Å²) >= 11 is 11.9. The van der Waals surface area contributed by atoms with Crippen LogP contribution in [0.3, 0.4) is 0 Å². The zero-order valence-electron chi connectivity index (χ0n) is 16.9. The van der Waals surface area contributed by atoms with Crippen molar-refractivity contribution in [2.45, 2.75) is 44.9 Å². The highest BCUT2D eigenvalue weighted by Crippen LogP contribution is 2.20. The smallest absolute Gasteiger partial charge is 0.410 e. The standard InChI is InChI=1S/C20H26Cl2N4O4/c1-20(2,3)29-19(28)24-18(12-7-9-14(21)10-8-12)30-26-25-16(17(23)27)13-5-4-6-15(22)11-13/h4-11,16-18,25-27H,23H2,1-3H3,(H,24,28). The van der Waals surface area contributed by atoms with Crippen LogP contribution in [0.5, 0.6) is 0 Å². The average molecular weight is 457 g/mol. The molecule has 2 aromatic rings. The number of alkyl carbamates (subject to hydrolysis) is 1. The Hall–Kier alpha value is -1.91. The number of hydrazine groups is 1. The summed E-state index contributed by atoms with van der Waals surface area (Å²) in [5, 5.41) is 13.6. The molecule has 0 aliphatic rings. The SMILES string of the molecule is CC(C)(C)OC(=O)NC(ONNC(c1cccc(Cl)c1)C(N)O)c1ccc(Cl)cc1. The predicted octanol–water partition coefficient (Wildman–Crippen LogP) is 3.56. The van der Waals surface area contributed by atoms with Crippen molar-refractivity contribution in [2.75, 3.05) is 0 Å². The van der Waals surface area contributed by atoms with Gasteiger partial charge in [-0.1, -0.05) is 47.5 Å². The number of nitrogens with two attached hydrogens (primary N) is 1. The van der Waals surface area contributed by atoms with Crippen LogP contribution in [0, 0.1) is 0 Å². The lowest BCUT2D eigenvalue weighted by Gasteiger charge is -2.26. The fourth-order valence-corrected chi connectivity index (χ4v) is 2.78. The second-order valence-corrected chi connectivity index (χ2v) is 8.34. The van der Waals surface area contributed by atoms with E-state index in [4.69, 9.17) is 38.5 Å². The molecule has 0 bridgehead atoms. The molecule has 0 fully saturated rings. The lowest BCUT2D eigenvalue weighted by atomic mass is 10.1. The number of aliphatic hydroxyl groups excluding tert-OH is 1. The summed E-state index contributed by atoms with van der Waals surface area (Å²) in [6.07, 6.45) is -2.86. The van der Waals surface area contributed by atoms with Crippen LogP contribution < -0.4 is 22.1 Å². The van der Waals surface area contributed by atoms with Gasteiger partial charge in [0.1, 0.15) is 11.8 Å². The van der Waals surface area contributed by atoms with Crippen LogP contribution in [0.4, 0.5) is 4.79 Å². The fraction of sp³-hybridized carbons (Fsp3) is 0.350. The summed E-state index contributed by atoms with van der Waals surface area (Å²) in [6.45, 7) is 5.26. The third kappa shape index (κ3) is 8.08. The molecule has 0 aromatic heterocycles. The van der Waals surface area contributed by atoms with Crippen molar-refractivity contribution >= 4 is 29.3 Å². The highest BCUT2D eigenvalue weighted by molar-refractivity contribution is 6.30. The first-order valence-electron chi connectivity index (χ1n) is 9.15. The van der Waals surface area contributed by atoms with E-state index in [1.165, 1.54) is 0 Å². The molecule has 2 rings (SSSR count). The first kappa shape index (κ1) is 24.4. The molecule has 164 valence electrons. The minimum absolute atomic E-state index is 0.492. The molecule has 0 heterocycles. The molecule has 2 aromatic carbocycles. The molecule has 3 unspecified atom stereocenters. The molecule has 0 saturated heterocycles. The minimum atomic E-state index is -1.26. The first-order valence-corrected chi connectivity index (χ1v) is 9.91. The molecule has 30 heavy (non-hydrogen) atoms. The number of hydrogen-bond donors (Lipinski definition) is 5. The van der Waals surface area contributed by atoms with Crippen LogP contribution in [-0.4, -0.2) is 23.0 Å². The first-order chi connectivity index (χ1) is 14.0. The molecular weight excluding hydrogens is 431 g/mol. The third-order valence-corrected chi connectivity index (χ3v) is 4.25. The van der Waals surface area contributed by atoms with Gasteiger partial charge in [0, 0.05) is 15.6 Å². The van der Waals surface area contributed by atoms with Crippen LogP contribution in [0.1, 0.15) is 44.2 Å². The summed E-state index contributed by atoms with van der Waals surface area (Å²) < 4.78 is 5.28. The topological polar surface area (TPSA) is 118 Å². The fourth-order valence-electron chi connectivity index (χ4n) is 2.46. The van der Waals surface area contributed by atoms with Crippen molar-refractivity contribution in [1.82, 2.24) is 16.3 Å². The second-order valence-electron chi connectivity index (χ2n) is 7.47. The summed E-state index contributed by atoms with van der Waals surface area (Å²) in [5.74, 6) is 0. The van der Waals surface area contributed by atoms with Crippen molar-refractivity contribution in [2.24, 2.45) is 5.73 Å². The molecule has 0 aliphatic carbocycles. The van der Waals surface area contributed by atoms with Gasteiger partial charge in [0.15, 0.2) is 6.23 Å². The Morgan fingerprint density at radius 3 is 2.30 bits per heavy atom. The van der Waals surface area contributed by atoms with E-state index in [0.29, 0.717) is 21.2 Å². The Morgan fingerprint density at radius 1 is 1.07 bits per heavy atom. The summed E-state index contributed by atoms with van der Waals surface area (Å²) in [7, 11) is 0. The summed E-state index contributed by atoms with van der Waals surface area (Å²) in [4.78, 5) is 17.8. The molecule has 0 saturated carbocycles. The highest BCUT2D eigenvalue weighted by atomic mass is 35.5. The Kier molecular flexibility index (Phi) is 8.87. The zero-order chi connectivity index (χ0) is 22.3. The number of rotatable bonds is 8. The van der Waals surface area contributed by atoms with Crippen molar-refractivity contribution < 1.29 is 19.5 Å². The van der Waals surface area contributed by atoms with Gasteiger partial charge in [0.2, 0.25) is 0 Å². The normalized spacial score (nSPS) is 14.6. The lowest BCUT2D eigenvalue weighted by molar-refractivity contribution is -0.0812. The number of nitrogens with one attached hydrogen (secondary N) is 3. The average Bonchev–Trinajstić information content (AvgIpc) is 2.63. The van der Waals surface area contributed by atoms with Crippen LogP contribution >= 0.6 is 23.2 Å². The van der Waals surface area contributed by atoms with Crippen LogP contribution in [0.2, 0.25) is 10.0 Å². The van der Waals surface area contributed by atoms with Gasteiger partial charge in [-0.05, 0) is 50.6 Å². The highest BCUT2D eigenvalue weighted by Gasteiger charge is 2.23. The van der Waals surface area contributed by atoms with Crippen molar-refractivity contribution in [3.63, 3.8) is 0 Å². The summed E-state index contributed by atoms with van der Waals surface area (Å²) in [5.41, 5.74) is 11.5. The van der Waals surface area contributed by atoms with Crippen LogP contribution in [-0.2, 0) is 9.57 Å². The zero-order valence-corrected chi connectivity index (χ0v) is 18.4. The van der Waals surface area contributed by atoms with Crippen molar-refractivity contribution in [1.29, 1.82) is 0 Å². The number of carbonyl (C=O) groups excluding carboxylic acids is 1. The van der Waals surface area contributed by atoms with E-state index < -0.39 is 30.2 Å². The van der Waals surface area contributed by atoms with Crippen molar-refractivity contribution in [3.8, 4) is 0 Å². The van der Waals surface area contributed by atoms with Gasteiger partial charge in [0.05, 0.1) is 6.04 Å². The van der Waals surface area contributed by atoms with Gasteiger partial charge >= 0.3 is 6.09 Å². The molecule has 10 heteroatoms. The number of hydrogen-bond acceptors (Lipinski definition) is 7. The molecule has 1 amide bonds. The maximum absolute atomic E-state index is 12.2. The Bertz CT molecular complexity index is 828. The maximum Gasteiger partial charge on any atom is 0.410 e. The van der Waals surface area contributed by atoms with Crippen LogP contribution in [0.25, 0.3) is 0 Å². The molecule has 8 nitrogen and oxygen atoms in total. The Labute approximate surface area is 185 Å². The largest absolute Gasteiger partial charge is 0.444 e. The molecule has 0 radical (unpaired) electrons. The molecule has 3 atom stereocenters. The molecule has 0 spiro atoms. The number of halogens is 2. The molecular formula is C20H26Cl2N4O4.